The average molecular weight is 307 g/mol. The Morgan fingerprint density at radius 2 is 1.95 bits per heavy atom. The third-order valence-electron chi connectivity index (χ3n) is 3.48. The lowest BCUT2D eigenvalue weighted by Gasteiger charge is -2.10. The van der Waals surface area contributed by atoms with Crippen LogP contribution in [0.25, 0.3) is 0 Å². The van der Waals surface area contributed by atoms with Crippen molar-refractivity contribution < 1.29 is 8.78 Å². The van der Waals surface area contributed by atoms with Crippen molar-refractivity contribution in [2.45, 2.75) is 33.1 Å². The Morgan fingerprint density at radius 1 is 1.27 bits per heavy atom. The molecule has 0 amide bonds. The number of benzene rings is 1. The normalized spacial score (nSPS) is 10.7. The fraction of sp³-hybridized carbons (Fsp3) is 0.375. The molecule has 1 aromatic heterocycles. The van der Waals surface area contributed by atoms with Gasteiger partial charge < -0.3 is 5.32 Å². The summed E-state index contributed by atoms with van der Waals surface area (Å²) in [4.78, 5) is 18.8. The first-order valence-corrected chi connectivity index (χ1v) is 7.29. The molecule has 2 aromatic rings. The van der Waals surface area contributed by atoms with Crippen molar-refractivity contribution in [3.05, 3.63) is 57.0 Å². The smallest absolute Gasteiger partial charge is 0.255 e. The minimum atomic E-state index is -0.637. The van der Waals surface area contributed by atoms with Crippen molar-refractivity contribution in [2.75, 3.05) is 11.9 Å². The number of anilines is 1. The molecule has 0 saturated heterocycles. The summed E-state index contributed by atoms with van der Waals surface area (Å²) in [5.74, 6) is -0.945. The Bertz CT molecular complexity index is 693. The van der Waals surface area contributed by atoms with Crippen molar-refractivity contribution in [1.29, 1.82) is 0 Å². The maximum Gasteiger partial charge on any atom is 0.255 e. The monoisotopic (exact) mass is 307 g/mol. The molecule has 0 aliphatic heterocycles. The van der Waals surface area contributed by atoms with Gasteiger partial charge in [-0.1, -0.05) is 19.4 Å². The van der Waals surface area contributed by atoms with Gasteiger partial charge in [-0.2, -0.15) is 0 Å². The third kappa shape index (κ3) is 3.69. The largest absolute Gasteiger partial charge is 0.356 e. The molecule has 1 aromatic carbocycles. The molecule has 0 unspecified atom stereocenters. The van der Waals surface area contributed by atoms with Gasteiger partial charge >= 0.3 is 0 Å². The SMILES string of the molecule is CCCCNc1nc(Cc2c(F)cccc2F)c(C)c(=O)[nH]1. The highest BCUT2D eigenvalue weighted by Crippen LogP contribution is 2.17. The van der Waals surface area contributed by atoms with Crippen LogP contribution < -0.4 is 10.9 Å². The fourth-order valence-electron chi connectivity index (χ4n) is 2.09. The first-order chi connectivity index (χ1) is 10.5. The maximum atomic E-state index is 13.7. The second-order valence-electron chi connectivity index (χ2n) is 5.14. The van der Waals surface area contributed by atoms with Gasteiger partial charge in [0.2, 0.25) is 5.95 Å². The van der Waals surface area contributed by atoms with Gasteiger partial charge in [-0.15, -0.1) is 0 Å². The minimum absolute atomic E-state index is 0.0588. The van der Waals surface area contributed by atoms with E-state index in [0.29, 0.717) is 23.8 Å². The number of H-pyrrole nitrogens is 1. The highest BCUT2D eigenvalue weighted by Gasteiger charge is 2.14. The predicted octanol–water partition coefficient (Wildman–Crippen LogP) is 3.16. The highest BCUT2D eigenvalue weighted by molar-refractivity contribution is 5.33. The standard InChI is InChI=1S/C16H19F2N3O/c1-3-4-8-19-16-20-14(10(2)15(22)21-16)9-11-12(17)6-5-7-13(11)18/h5-7H,3-4,8-9H2,1-2H3,(H2,19,20,21,22). The van der Waals surface area contributed by atoms with Crippen LogP contribution in [0.15, 0.2) is 23.0 Å². The Balaban J connectivity index is 2.32. The van der Waals surface area contributed by atoms with Gasteiger partial charge in [0.1, 0.15) is 11.6 Å². The summed E-state index contributed by atoms with van der Waals surface area (Å²) in [7, 11) is 0. The van der Waals surface area contributed by atoms with Crippen LogP contribution in [-0.4, -0.2) is 16.5 Å². The fourth-order valence-corrected chi connectivity index (χ4v) is 2.09. The Kier molecular flexibility index (Phi) is 5.25. The molecule has 1 heterocycles. The van der Waals surface area contributed by atoms with E-state index in [0.717, 1.165) is 12.8 Å². The van der Waals surface area contributed by atoms with Crippen LogP contribution in [0.4, 0.5) is 14.7 Å². The Morgan fingerprint density at radius 3 is 2.59 bits per heavy atom. The summed E-state index contributed by atoms with van der Waals surface area (Å²) in [6.07, 6.45) is 1.89. The molecule has 0 aliphatic carbocycles. The number of aromatic amines is 1. The number of halogens is 2. The highest BCUT2D eigenvalue weighted by atomic mass is 19.1. The van der Waals surface area contributed by atoms with Crippen molar-refractivity contribution in [2.24, 2.45) is 0 Å². The molecule has 0 aliphatic rings. The van der Waals surface area contributed by atoms with Crippen molar-refractivity contribution in [3.8, 4) is 0 Å². The lowest BCUT2D eigenvalue weighted by atomic mass is 10.1. The van der Waals surface area contributed by atoms with Gasteiger partial charge in [0.25, 0.3) is 5.56 Å². The molecule has 0 spiro atoms. The predicted molar refractivity (Wildman–Crippen MR) is 82.2 cm³/mol. The second kappa shape index (κ2) is 7.15. The molecule has 0 radical (unpaired) electrons. The molecule has 0 fully saturated rings. The van der Waals surface area contributed by atoms with Crippen LogP contribution in [0.5, 0.6) is 0 Å². The van der Waals surface area contributed by atoms with E-state index in [-0.39, 0.29) is 17.5 Å². The van der Waals surface area contributed by atoms with E-state index >= 15 is 0 Å². The van der Waals surface area contributed by atoms with E-state index in [4.69, 9.17) is 0 Å². The number of nitrogens with zero attached hydrogens (tertiary/aromatic N) is 1. The van der Waals surface area contributed by atoms with E-state index in [1.807, 2.05) is 0 Å². The van der Waals surface area contributed by atoms with Gasteiger partial charge in [-0.25, -0.2) is 13.8 Å². The zero-order valence-electron chi connectivity index (χ0n) is 12.7. The summed E-state index contributed by atoms with van der Waals surface area (Å²) < 4.78 is 27.5. The number of nitrogens with one attached hydrogen (secondary N) is 2. The van der Waals surface area contributed by atoms with Crippen LogP contribution in [0, 0.1) is 18.6 Å². The number of aromatic nitrogens is 2. The summed E-state index contributed by atoms with van der Waals surface area (Å²) in [6.45, 7) is 4.32. The number of hydrogen-bond acceptors (Lipinski definition) is 3. The molecule has 0 saturated carbocycles. The third-order valence-corrected chi connectivity index (χ3v) is 3.48. The molecule has 6 heteroatoms. The summed E-state index contributed by atoms with van der Waals surface area (Å²) >= 11 is 0. The number of unbranched alkanes of at least 4 members (excludes halogenated alkanes) is 1. The van der Waals surface area contributed by atoms with Gasteiger partial charge in [0.15, 0.2) is 0 Å². The zero-order chi connectivity index (χ0) is 16.1. The van der Waals surface area contributed by atoms with Crippen molar-refractivity contribution in [1.82, 2.24) is 9.97 Å². The molecule has 4 nitrogen and oxygen atoms in total. The van der Waals surface area contributed by atoms with E-state index in [1.165, 1.54) is 18.2 Å². The molecule has 118 valence electrons. The maximum absolute atomic E-state index is 13.7. The van der Waals surface area contributed by atoms with Gasteiger partial charge in [0.05, 0.1) is 5.69 Å². The lowest BCUT2D eigenvalue weighted by Crippen LogP contribution is -2.19. The molecular weight excluding hydrogens is 288 g/mol. The average Bonchev–Trinajstić information content (AvgIpc) is 2.48. The number of hydrogen-bond donors (Lipinski definition) is 2. The van der Waals surface area contributed by atoms with Gasteiger partial charge in [-0.05, 0) is 25.5 Å². The van der Waals surface area contributed by atoms with E-state index in [2.05, 4.69) is 22.2 Å². The van der Waals surface area contributed by atoms with E-state index in [9.17, 15) is 13.6 Å². The summed E-state index contributed by atoms with van der Waals surface area (Å²) in [5.41, 5.74) is 0.347. The van der Waals surface area contributed by atoms with E-state index < -0.39 is 11.6 Å². The van der Waals surface area contributed by atoms with Crippen LogP contribution in [-0.2, 0) is 6.42 Å². The molecular formula is C16H19F2N3O. The van der Waals surface area contributed by atoms with Crippen LogP contribution in [0.1, 0.15) is 36.6 Å². The zero-order valence-corrected chi connectivity index (χ0v) is 12.7. The minimum Gasteiger partial charge on any atom is -0.356 e. The van der Waals surface area contributed by atoms with Crippen molar-refractivity contribution in [3.63, 3.8) is 0 Å². The van der Waals surface area contributed by atoms with Crippen molar-refractivity contribution >= 4 is 5.95 Å². The second-order valence-corrected chi connectivity index (χ2v) is 5.14. The van der Waals surface area contributed by atoms with Crippen LogP contribution >= 0.6 is 0 Å². The molecule has 22 heavy (non-hydrogen) atoms. The topological polar surface area (TPSA) is 57.8 Å². The number of rotatable bonds is 6. The first-order valence-electron chi connectivity index (χ1n) is 7.29. The summed E-state index contributed by atoms with van der Waals surface area (Å²) in [6, 6.07) is 3.70. The van der Waals surface area contributed by atoms with Gasteiger partial charge in [0, 0.05) is 24.1 Å². The van der Waals surface area contributed by atoms with Crippen LogP contribution in [0.3, 0.4) is 0 Å². The molecule has 0 bridgehead atoms. The molecule has 2 N–H and O–H groups in total. The first kappa shape index (κ1) is 16.1. The van der Waals surface area contributed by atoms with Crippen LogP contribution in [0.2, 0.25) is 0 Å². The lowest BCUT2D eigenvalue weighted by molar-refractivity contribution is 0.560. The molecule has 2 rings (SSSR count). The van der Waals surface area contributed by atoms with E-state index in [1.54, 1.807) is 6.92 Å². The Labute approximate surface area is 127 Å². The Hall–Kier alpha value is -2.24. The quantitative estimate of drug-likeness (QED) is 0.806. The molecule has 0 atom stereocenters. The van der Waals surface area contributed by atoms with Gasteiger partial charge in [-0.3, -0.25) is 9.78 Å². The summed E-state index contributed by atoms with van der Waals surface area (Å²) in [5, 5.41) is 3.01.